The van der Waals surface area contributed by atoms with Crippen molar-refractivity contribution in [2.45, 2.75) is 58.0 Å². The van der Waals surface area contributed by atoms with Crippen LogP contribution in [0, 0.1) is 5.92 Å². The summed E-state index contributed by atoms with van der Waals surface area (Å²) in [6, 6.07) is 0.328. The fraction of sp³-hybridized carbons (Fsp3) is 0.933. The van der Waals surface area contributed by atoms with E-state index in [1.54, 1.807) is 6.92 Å². The minimum Gasteiger partial charge on any atom is -0.480 e. The molecule has 0 bridgehead atoms. The fourth-order valence-electron chi connectivity index (χ4n) is 3.60. The maximum atomic E-state index is 11.0. The first-order chi connectivity index (χ1) is 9.09. The lowest BCUT2D eigenvalue weighted by molar-refractivity contribution is -0.143. The number of nitrogens with zero attached hydrogens (tertiary/aromatic N) is 2. The van der Waals surface area contributed by atoms with E-state index in [1.807, 2.05) is 0 Å². The quantitative estimate of drug-likeness (QED) is 0.847. The topological polar surface area (TPSA) is 43.8 Å². The van der Waals surface area contributed by atoms with Crippen molar-refractivity contribution in [3.8, 4) is 0 Å². The van der Waals surface area contributed by atoms with Gasteiger partial charge in [0, 0.05) is 32.2 Å². The van der Waals surface area contributed by atoms with E-state index in [9.17, 15) is 4.79 Å². The molecule has 1 aliphatic heterocycles. The maximum Gasteiger partial charge on any atom is 0.320 e. The highest BCUT2D eigenvalue weighted by Gasteiger charge is 2.30. The van der Waals surface area contributed by atoms with Crippen LogP contribution in [0.25, 0.3) is 0 Å². The number of carbonyl (C=O) groups is 1. The van der Waals surface area contributed by atoms with Gasteiger partial charge in [0.15, 0.2) is 0 Å². The number of hydrogen-bond donors (Lipinski definition) is 1. The Hall–Kier alpha value is -0.610. The van der Waals surface area contributed by atoms with Crippen molar-refractivity contribution in [1.29, 1.82) is 0 Å². The highest BCUT2D eigenvalue weighted by atomic mass is 16.4. The third-order valence-electron chi connectivity index (χ3n) is 5.16. The highest BCUT2D eigenvalue weighted by molar-refractivity contribution is 5.72. The van der Waals surface area contributed by atoms with Crippen molar-refractivity contribution in [1.82, 2.24) is 9.80 Å². The Labute approximate surface area is 116 Å². The summed E-state index contributed by atoms with van der Waals surface area (Å²) in [6.07, 6.45) is 6.96. The third kappa shape index (κ3) is 3.69. The van der Waals surface area contributed by atoms with Crippen molar-refractivity contribution in [3.05, 3.63) is 0 Å². The van der Waals surface area contributed by atoms with Crippen molar-refractivity contribution in [3.63, 3.8) is 0 Å². The molecule has 4 heteroatoms. The van der Waals surface area contributed by atoms with E-state index >= 15 is 0 Å². The van der Waals surface area contributed by atoms with E-state index < -0.39 is 5.97 Å². The summed E-state index contributed by atoms with van der Waals surface area (Å²) in [6.45, 7) is 7.99. The van der Waals surface area contributed by atoms with E-state index in [1.165, 1.54) is 32.1 Å². The van der Waals surface area contributed by atoms with Crippen LogP contribution in [0.2, 0.25) is 0 Å². The predicted octanol–water partition coefficient (Wildman–Crippen LogP) is 2.05. The Morgan fingerprint density at radius 3 is 2.05 bits per heavy atom. The van der Waals surface area contributed by atoms with E-state index in [4.69, 9.17) is 5.11 Å². The van der Waals surface area contributed by atoms with E-state index in [0.29, 0.717) is 6.04 Å². The molecule has 1 saturated heterocycles. The van der Waals surface area contributed by atoms with Crippen LogP contribution in [-0.4, -0.2) is 59.1 Å². The molecule has 2 aliphatic rings. The molecule has 0 aromatic heterocycles. The summed E-state index contributed by atoms with van der Waals surface area (Å²) in [5, 5.41) is 9.06. The Morgan fingerprint density at radius 2 is 1.53 bits per heavy atom. The number of piperazine rings is 1. The molecule has 2 unspecified atom stereocenters. The van der Waals surface area contributed by atoms with Gasteiger partial charge in [-0.05, 0) is 32.6 Å². The summed E-state index contributed by atoms with van der Waals surface area (Å²) in [5.74, 6) is 0.158. The van der Waals surface area contributed by atoms with Gasteiger partial charge in [0.05, 0.1) is 0 Å². The molecule has 0 aromatic carbocycles. The Kier molecular flexibility index (Phi) is 5.22. The molecule has 4 nitrogen and oxygen atoms in total. The standard InChI is InChI=1S/C15H28N2O2/c1-12(14-6-4-3-5-7-14)16-8-10-17(11-9-16)13(2)15(18)19/h12-14H,3-11H2,1-2H3,(H,18,19). The molecule has 2 atom stereocenters. The molecule has 0 radical (unpaired) electrons. The molecule has 1 aliphatic carbocycles. The second-order valence-electron chi connectivity index (χ2n) is 6.22. The highest BCUT2D eigenvalue weighted by Crippen LogP contribution is 2.29. The van der Waals surface area contributed by atoms with E-state index in [0.717, 1.165) is 32.1 Å². The van der Waals surface area contributed by atoms with Crippen molar-refractivity contribution in [2.75, 3.05) is 26.2 Å². The van der Waals surface area contributed by atoms with Crippen LogP contribution < -0.4 is 0 Å². The van der Waals surface area contributed by atoms with Gasteiger partial charge in [0.1, 0.15) is 6.04 Å². The Morgan fingerprint density at radius 1 is 1.00 bits per heavy atom. The lowest BCUT2D eigenvalue weighted by Gasteiger charge is -2.42. The summed E-state index contributed by atoms with van der Waals surface area (Å²) >= 11 is 0. The van der Waals surface area contributed by atoms with Crippen molar-refractivity contribution >= 4 is 5.97 Å². The van der Waals surface area contributed by atoms with E-state index in [2.05, 4.69) is 16.7 Å². The minimum atomic E-state index is -0.700. The van der Waals surface area contributed by atoms with Crippen LogP contribution in [0.1, 0.15) is 46.0 Å². The van der Waals surface area contributed by atoms with E-state index in [-0.39, 0.29) is 6.04 Å². The third-order valence-corrected chi connectivity index (χ3v) is 5.16. The SMILES string of the molecule is CC(C(=O)O)N1CCN(C(C)C2CCCCC2)CC1. The molecule has 1 N–H and O–H groups in total. The number of hydrogen-bond acceptors (Lipinski definition) is 3. The van der Waals surface area contributed by atoms with Crippen LogP contribution in [0.15, 0.2) is 0 Å². The number of aliphatic carboxylic acids is 1. The van der Waals surface area contributed by atoms with Gasteiger partial charge in [-0.25, -0.2) is 0 Å². The fourth-order valence-corrected chi connectivity index (χ4v) is 3.60. The van der Waals surface area contributed by atoms with Crippen LogP contribution in [0.5, 0.6) is 0 Å². The maximum absolute atomic E-state index is 11.0. The Bertz CT molecular complexity index is 295. The first-order valence-electron chi connectivity index (χ1n) is 7.80. The molecule has 0 aromatic rings. The molecular formula is C15H28N2O2. The van der Waals surface area contributed by atoms with Gasteiger partial charge in [-0.2, -0.15) is 0 Å². The van der Waals surface area contributed by atoms with Crippen LogP contribution >= 0.6 is 0 Å². The van der Waals surface area contributed by atoms with Crippen LogP contribution in [-0.2, 0) is 4.79 Å². The summed E-state index contributed by atoms with van der Waals surface area (Å²) in [5.41, 5.74) is 0. The van der Waals surface area contributed by atoms with Gasteiger partial charge in [-0.3, -0.25) is 14.6 Å². The predicted molar refractivity (Wildman–Crippen MR) is 76.3 cm³/mol. The molecule has 2 rings (SSSR count). The van der Waals surface area contributed by atoms with Gasteiger partial charge in [-0.1, -0.05) is 19.3 Å². The molecule has 1 saturated carbocycles. The number of carboxylic acid groups (broad SMARTS) is 1. The lowest BCUT2D eigenvalue weighted by Crippen LogP contribution is -2.55. The van der Waals surface area contributed by atoms with Crippen LogP contribution in [0.4, 0.5) is 0 Å². The Balaban J connectivity index is 1.80. The van der Waals surface area contributed by atoms with Gasteiger partial charge in [-0.15, -0.1) is 0 Å². The molecule has 0 amide bonds. The molecule has 2 fully saturated rings. The summed E-state index contributed by atoms with van der Waals surface area (Å²) < 4.78 is 0. The smallest absolute Gasteiger partial charge is 0.320 e. The molecule has 1 heterocycles. The molecule has 19 heavy (non-hydrogen) atoms. The average Bonchev–Trinajstić information content (AvgIpc) is 2.46. The molecule has 0 spiro atoms. The van der Waals surface area contributed by atoms with Crippen LogP contribution in [0.3, 0.4) is 0 Å². The second kappa shape index (κ2) is 6.71. The second-order valence-corrected chi connectivity index (χ2v) is 6.22. The van der Waals surface area contributed by atoms with Gasteiger partial charge in [0.2, 0.25) is 0 Å². The van der Waals surface area contributed by atoms with Crippen molar-refractivity contribution in [2.24, 2.45) is 5.92 Å². The first-order valence-corrected chi connectivity index (χ1v) is 7.80. The van der Waals surface area contributed by atoms with Crippen molar-refractivity contribution < 1.29 is 9.90 Å². The molecular weight excluding hydrogens is 240 g/mol. The average molecular weight is 268 g/mol. The minimum absolute atomic E-state index is 0.341. The van der Waals surface area contributed by atoms with Gasteiger partial charge >= 0.3 is 5.97 Å². The summed E-state index contributed by atoms with van der Waals surface area (Å²) in [7, 11) is 0. The lowest BCUT2D eigenvalue weighted by atomic mass is 9.84. The molecule has 110 valence electrons. The van der Waals surface area contributed by atoms with Gasteiger partial charge < -0.3 is 5.11 Å². The zero-order chi connectivity index (χ0) is 13.8. The zero-order valence-electron chi connectivity index (χ0n) is 12.3. The normalized spacial score (nSPS) is 27.1. The zero-order valence-corrected chi connectivity index (χ0v) is 12.3. The first kappa shape index (κ1) is 14.8. The summed E-state index contributed by atoms with van der Waals surface area (Å²) in [4.78, 5) is 15.7. The van der Waals surface area contributed by atoms with Gasteiger partial charge in [0.25, 0.3) is 0 Å². The monoisotopic (exact) mass is 268 g/mol. The number of rotatable bonds is 4. The largest absolute Gasteiger partial charge is 0.480 e. The number of carboxylic acids is 1.